The van der Waals surface area contributed by atoms with Crippen molar-refractivity contribution in [3.8, 4) is 0 Å². The maximum Gasteiger partial charge on any atom is 0.289 e. The van der Waals surface area contributed by atoms with Crippen molar-refractivity contribution in [1.29, 1.82) is 0 Å². The van der Waals surface area contributed by atoms with Gasteiger partial charge in [-0.25, -0.2) is 8.42 Å². The van der Waals surface area contributed by atoms with E-state index in [0.29, 0.717) is 18.6 Å². The van der Waals surface area contributed by atoms with E-state index in [1.165, 1.54) is 16.4 Å². The molecule has 0 radical (unpaired) electrons. The van der Waals surface area contributed by atoms with Gasteiger partial charge in [0.25, 0.3) is 5.69 Å². The molecule has 4 rings (SSSR count). The Balaban J connectivity index is 1.58. The number of sulfonamides is 1. The first kappa shape index (κ1) is 22.1. The zero-order valence-electron chi connectivity index (χ0n) is 16.7. The van der Waals surface area contributed by atoms with Crippen LogP contribution < -0.4 is 4.90 Å². The lowest BCUT2D eigenvalue weighted by molar-refractivity contribution is -0.384. The van der Waals surface area contributed by atoms with E-state index < -0.39 is 25.5 Å². The van der Waals surface area contributed by atoms with Crippen LogP contribution in [0.25, 0.3) is 0 Å². The number of carbonyl (C=O) groups excluding carboxylic acids is 1. The normalized spacial score (nSPS) is 19.2. The van der Waals surface area contributed by atoms with Gasteiger partial charge in [-0.2, -0.15) is 4.31 Å². The Kier molecular flexibility index (Phi) is 5.76. The van der Waals surface area contributed by atoms with E-state index in [2.05, 4.69) is 0 Å². The molecule has 0 aliphatic carbocycles. The molecule has 11 heteroatoms. The Morgan fingerprint density at radius 2 is 1.87 bits per heavy atom. The van der Waals surface area contributed by atoms with Crippen LogP contribution in [0.4, 0.5) is 11.4 Å². The van der Waals surface area contributed by atoms with Gasteiger partial charge >= 0.3 is 0 Å². The topological polar surface area (TPSA) is 101 Å². The van der Waals surface area contributed by atoms with Gasteiger partial charge in [-0.3, -0.25) is 19.8 Å². The lowest BCUT2D eigenvalue weighted by atomic mass is 10.0. The summed E-state index contributed by atoms with van der Waals surface area (Å²) in [6.07, 6.45) is 0.929. The molecule has 2 saturated heterocycles. The molecule has 0 atom stereocenters. The number of thioether (sulfide) groups is 1. The highest BCUT2D eigenvalue weighted by atomic mass is 35.5. The monoisotopic (exact) mass is 481 g/mol. The maximum absolute atomic E-state index is 13.1. The first-order valence-electron chi connectivity index (χ1n) is 9.62. The molecule has 2 aromatic carbocycles. The third-order valence-electron chi connectivity index (χ3n) is 5.64. The van der Waals surface area contributed by atoms with Crippen LogP contribution in [0.1, 0.15) is 18.4 Å². The predicted octanol–water partition coefficient (Wildman–Crippen LogP) is 3.82. The number of piperidine rings is 1. The van der Waals surface area contributed by atoms with Crippen molar-refractivity contribution in [2.75, 3.05) is 23.7 Å². The molecule has 2 heterocycles. The van der Waals surface area contributed by atoms with Crippen LogP contribution >= 0.6 is 23.4 Å². The molecule has 2 aliphatic rings. The molecule has 1 spiro atoms. The lowest BCUT2D eigenvalue weighted by Gasteiger charge is -2.43. The second kappa shape index (κ2) is 8.09. The number of rotatable bonds is 4. The number of hydrogen-bond donors (Lipinski definition) is 0. The summed E-state index contributed by atoms with van der Waals surface area (Å²) in [4.78, 5) is 24.3. The average Bonchev–Trinajstić information content (AvgIpc) is 3.03. The molecule has 2 aromatic rings. The number of halogens is 1. The van der Waals surface area contributed by atoms with Crippen LogP contribution in [0.15, 0.2) is 47.4 Å². The minimum Gasteiger partial charge on any atom is -0.296 e. The maximum atomic E-state index is 13.1. The van der Waals surface area contributed by atoms with Crippen molar-refractivity contribution < 1.29 is 18.1 Å². The fourth-order valence-electron chi connectivity index (χ4n) is 4.08. The average molecular weight is 482 g/mol. The van der Waals surface area contributed by atoms with Crippen molar-refractivity contribution in [1.82, 2.24) is 4.31 Å². The number of nitrogens with zero attached hydrogens (tertiary/aromatic N) is 3. The van der Waals surface area contributed by atoms with Gasteiger partial charge in [0, 0.05) is 24.8 Å². The third kappa shape index (κ3) is 3.93. The molecule has 0 bridgehead atoms. The number of nitro benzene ring substituents is 1. The molecule has 0 N–H and O–H groups in total. The van der Waals surface area contributed by atoms with Gasteiger partial charge in [-0.05, 0) is 49.6 Å². The molecule has 0 aromatic heterocycles. The zero-order chi connectivity index (χ0) is 22.4. The lowest BCUT2D eigenvalue weighted by Crippen LogP contribution is -2.53. The van der Waals surface area contributed by atoms with Crippen LogP contribution in [0.2, 0.25) is 5.02 Å². The molecule has 1 amide bonds. The molecule has 8 nitrogen and oxygen atoms in total. The van der Waals surface area contributed by atoms with Gasteiger partial charge in [-0.1, -0.05) is 23.7 Å². The van der Waals surface area contributed by atoms with E-state index >= 15 is 0 Å². The number of hydrogen-bond acceptors (Lipinski definition) is 6. The number of benzene rings is 2. The molecule has 2 aliphatic heterocycles. The van der Waals surface area contributed by atoms with Crippen LogP contribution in [0.3, 0.4) is 0 Å². The first-order valence-corrected chi connectivity index (χ1v) is 12.4. The highest BCUT2D eigenvalue weighted by Crippen LogP contribution is 2.47. The summed E-state index contributed by atoms with van der Waals surface area (Å²) in [7, 11) is -3.93. The van der Waals surface area contributed by atoms with Crippen LogP contribution in [0, 0.1) is 17.0 Å². The highest BCUT2D eigenvalue weighted by Gasteiger charge is 2.50. The highest BCUT2D eigenvalue weighted by molar-refractivity contribution is 8.02. The second-order valence-electron chi connectivity index (χ2n) is 7.58. The van der Waals surface area contributed by atoms with Gasteiger partial charge in [0.1, 0.15) is 5.02 Å². The molecule has 0 saturated carbocycles. The molecular formula is C20H20ClN3O5S2. The second-order valence-corrected chi connectivity index (χ2v) is 11.3. The number of aryl methyl sites for hydroxylation is 1. The van der Waals surface area contributed by atoms with Gasteiger partial charge in [-0.15, -0.1) is 11.8 Å². The molecule has 164 valence electrons. The Hall–Kier alpha value is -2.14. The number of nitro groups is 1. The van der Waals surface area contributed by atoms with E-state index in [1.807, 2.05) is 36.1 Å². The minimum atomic E-state index is -3.93. The van der Waals surface area contributed by atoms with Crippen molar-refractivity contribution in [3.63, 3.8) is 0 Å². The quantitative estimate of drug-likeness (QED) is 0.486. The Labute approximate surface area is 189 Å². The smallest absolute Gasteiger partial charge is 0.289 e. The fraction of sp³-hybridized carbons (Fsp3) is 0.350. The largest absolute Gasteiger partial charge is 0.296 e. The summed E-state index contributed by atoms with van der Waals surface area (Å²) >= 11 is 7.37. The summed E-state index contributed by atoms with van der Waals surface area (Å²) < 4.78 is 27.5. The van der Waals surface area contributed by atoms with Crippen LogP contribution in [-0.4, -0.2) is 47.3 Å². The predicted molar refractivity (Wildman–Crippen MR) is 120 cm³/mol. The van der Waals surface area contributed by atoms with E-state index in [9.17, 15) is 23.3 Å². The van der Waals surface area contributed by atoms with Crippen molar-refractivity contribution in [2.24, 2.45) is 0 Å². The third-order valence-corrected chi connectivity index (χ3v) is 9.37. The summed E-state index contributed by atoms with van der Waals surface area (Å²) in [5, 5.41) is 11.0. The summed E-state index contributed by atoms with van der Waals surface area (Å²) in [5.74, 6) is 0.365. The molecule has 31 heavy (non-hydrogen) atoms. The van der Waals surface area contributed by atoms with E-state index in [-0.39, 0.29) is 28.9 Å². The van der Waals surface area contributed by atoms with E-state index in [1.54, 1.807) is 11.8 Å². The number of anilines is 1. The minimum absolute atomic E-state index is 0.0141. The SMILES string of the molecule is Cc1cccc(N2C(=O)CSC23CCN(S(=O)(=O)c2ccc(Cl)c([N+](=O)[O-])c2)CC3)c1. The molecule has 2 fully saturated rings. The van der Waals surface area contributed by atoms with Crippen LogP contribution in [0.5, 0.6) is 0 Å². The Morgan fingerprint density at radius 3 is 2.52 bits per heavy atom. The fourth-order valence-corrected chi connectivity index (χ4v) is 7.06. The van der Waals surface area contributed by atoms with Gasteiger partial charge in [0.05, 0.1) is 20.4 Å². The first-order chi connectivity index (χ1) is 14.6. The van der Waals surface area contributed by atoms with Gasteiger partial charge in [0.2, 0.25) is 15.9 Å². The number of amides is 1. The number of carbonyl (C=O) groups is 1. The zero-order valence-corrected chi connectivity index (χ0v) is 19.0. The van der Waals surface area contributed by atoms with Crippen molar-refractivity contribution in [2.45, 2.75) is 29.5 Å². The summed E-state index contributed by atoms with van der Waals surface area (Å²) in [6, 6.07) is 11.2. The Morgan fingerprint density at radius 1 is 1.16 bits per heavy atom. The standard InChI is InChI=1S/C20H20ClN3O5S2/c1-14-3-2-4-15(11-14)23-19(25)13-30-20(23)7-9-22(10-8-20)31(28,29)16-5-6-17(21)18(12-16)24(26)27/h2-6,11-12H,7-10,13H2,1H3. The summed E-state index contributed by atoms with van der Waals surface area (Å²) in [5.41, 5.74) is 1.42. The molecular weight excluding hydrogens is 462 g/mol. The van der Waals surface area contributed by atoms with Gasteiger partial charge < -0.3 is 0 Å². The molecule has 0 unspecified atom stereocenters. The van der Waals surface area contributed by atoms with Crippen LogP contribution in [-0.2, 0) is 14.8 Å². The van der Waals surface area contributed by atoms with Crippen molar-refractivity contribution >= 4 is 50.7 Å². The Bertz CT molecular complexity index is 1160. The van der Waals surface area contributed by atoms with E-state index in [0.717, 1.165) is 17.3 Å². The van der Waals surface area contributed by atoms with Gasteiger partial charge in [0.15, 0.2) is 0 Å². The van der Waals surface area contributed by atoms with E-state index in [4.69, 9.17) is 11.6 Å². The van der Waals surface area contributed by atoms with Crippen molar-refractivity contribution in [3.05, 3.63) is 63.2 Å². The summed E-state index contributed by atoms with van der Waals surface area (Å²) in [6.45, 7) is 2.38.